The average Bonchev–Trinajstić information content (AvgIpc) is 2.24. The molecule has 2 nitrogen and oxygen atoms in total. The summed E-state index contributed by atoms with van der Waals surface area (Å²) in [6.45, 7) is 0.893. The van der Waals surface area contributed by atoms with Gasteiger partial charge in [-0.15, -0.1) is 0 Å². The van der Waals surface area contributed by atoms with E-state index in [4.69, 9.17) is 0 Å². The lowest BCUT2D eigenvalue weighted by molar-refractivity contribution is -0.206. The van der Waals surface area contributed by atoms with Crippen LogP contribution >= 0.6 is 0 Å². The highest BCUT2D eigenvalue weighted by molar-refractivity contribution is 5.66. The van der Waals surface area contributed by atoms with Gasteiger partial charge in [-0.1, -0.05) is 18.2 Å². The molecule has 0 unspecified atom stereocenters. The Morgan fingerprint density at radius 2 is 1.83 bits per heavy atom. The Morgan fingerprint density at radius 1 is 1.28 bits per heavy atom. The molecule has 1 aromatic rings. The number of carbonyl (C=O) groups is 1. The van der Waals surface area contributed by atoms with Crippen LogP contribution in [0.4, 0.5) is 17.6 Å². The molecule has 0 amide bonds. The number of rotatable bonds is 3. The van der Waals surface area contributed by atoms with Crippen LogP contribution in [0, 0.1) is 5.82 Å². The number of hydrogen-bond acceptors (Lipinski definition) is 2. The molecule has 0 spiro atoms. The van der Waals surface area contributed by atoms with Crippen molar-refractivity contribution in [1.29, 1.82) is 0 Å². The summed E-state index contributed by atoms with van der Waals surface area (Å²) >= 11 is 0. The van der Waals surface area contributed by atoms with Crippen LogP contribution in [0.3, 0.4) is 0 Å². The maximum absolute atomic E-state index is 12.6. The van der Waals surface area contributed by atoms with Gasteiger partial charge in [0.05, 0.1) is 0 Å². The molecule has 18 heavy (non-hydrogen) atoms. The van der Waals surface area contributed by atoms with Gasteiger partial charge in [-0.05, 0) is 23.8 Å². The van der Waals surface area contributed by atoms with E-state index in [-0.39, 0.29) is 0 Å². The minimum Gasteiger partial charge on any atom is -0.449 e. The fourth-order valence-corrected chi connectivity index (χ4v) is 1.17. The minimum absolute atomic E-state index is 0.373. The predicted octanol–water partition coefficient (Wildman–Crippen LogP) is 3.33. The monoisotopic (exact) mass is 262 g/mol. The lowest BCUT2D eigenvalue weighted by Crippen LogP contribution is -2.31. The number of halogens is 4. The number of esters is 1. The summed E-state index contributed by atoms with van der Waals surface area (Å²) < 4.78 is 54.1. The lowest BCUT2D eigenvalue weighted by Gasteiger charge is -2.16. The highest BCUT2D eigenvalue weighted by Crippen LogP contribution is 2.24. The minimum atomic E-state index is -4.68. The summed E-state index contributed by atoms with van der Waals surface area (Å²) in [6, 6.07) is 4.86. The first-order valence-corrected chi connectivity index (χ1v) is 4.97. The highest BCUT2D eigenvalue weighted by atomic mass is 19.4. The van der Waals surface area contributed by atoms with E-state index in [1.165, 1.54) is 12.1 Å². The molecule has 1 atom stereocenters. The molecular formula is C12H10F4O2. The van der Waals surface area contributed by atoms with Crippen LogP contribution in [0.25, 0.3) is 6.08 Å². The van der Waals surface area contributed by atoms with Crippen LogP contribution in [0.2, 0.25) is 0 Å². The molecule has 0 aromatic heterocycles. The standard InChI is InChI=1S/C12H10F4O2/c1-8(17)18-11(12(14,15)16)7-4-9-2-5-10(13)6-3-9/h2-7,11H,1H3/b7-4+/t11-/m0/s1. The third kappa shape index (κ3) is 4.57. The summed E-state index contributed by atoms with van der Waals surface area (Å²) in [7, 11) is 0. The van der Waals surface area contributed by atoms with Crippen molar-refractivity contribution in [3.05, 3.63) is 41.7 Å². The van der Waals surface area contributed by atoms with E-state index in [9.17, 15) is 22.4 Å². The van der Waals surface area contributed by atoms with E-state index in [1.807, 2.05) is 0 Å². The Morgan fingerprint density at radius 3 is 2.28 bits per heavy atom. The van der Waals surface area contributed by atoms with Crippen LogP contribution in [0.1, 0.15) is 12.5 Å². The first-order valence-electron chi connectivity index (χ1n) is 4.97. The second-order valence-electron chi connectivity index (χ2n) is 3.48. The van der Waals surface area contributed by atoms with Gasteiger partial charge in [0.1, 0.15) is 5.82 Å². The van der Waals surface area contributed by atoms with E-state index in [2.05, 4.69) is 4.74 Å². The van der Waals surface area contributed by atoms with E-state index < -0.39 is 24.1 Å². The summed E-state index contributed by atoms with van der Waals surface area (Å²) in [5, 5.41) is 0. The largest absolute Gasteiger partial charge is 0.449 e. The van der Waals surface area contributed by atoms with Crippen molar-refractivity contribution >= 4 is 12.0 Å². The zero-order chi connectivity index (χ0) is 13.8. The van der Waals surface area contributed by atoms with Gasteiger partial charge in [-0.2, -0.15) is 13.2 Å². The summed E-state index contributed by atoms with van der Waals surface area (Å²) in [4.78, 5) is 10.6. The van der Waals surface area contributed by atoms with E-state index in [0.29, 0.717) is 11.6 Å². The average molecular weight is 262 g/mol. The first kappa shape index (κ1) is 14.2. The molecule has 0 N–H and O–H groups in total. The van der Waals surface area contributed by atoms with Gasteiger partial charge in [0.15, 0.2) is 0 Å². The van der Waals surface area contributed by atoms with E-state index >= 15 is 0 Å². The number of alkyl halides is 3. The molecule has 0 aliphatic rings. The van der Waals surface area contributed by atoms with Gasteiger partial charge in [0.2, 0.25) is 6.10 Å². The molecule has 0 saturated heterocycles. The maximum atomic E-state index is 12.6. The zero-order valence-corrected chi connectivity index (χ0v) is 9.37. The molecule has 98 valence electrons. The quantitative estimate of drug-likeness (QED) is 0.617. The molecule has 0 aliphatic carbocycles. The Hall–Kier alpha value is -1.85. The van der Waals surface area contributed by atoms with Gasteiger partial charge in [-0.25, -0.2) is 4.39 Å². The third-order valence-corrected chi connectivity index (χ3v) is 1.95. The van der Waals surface area contributed by atoms with Crippen molar-refractivity contribution in [3.63, 3.8) is 0 Å². The van der Waals surface area contributed by atoms with Crippen LogP contribution in [-0.2, 0) is 9.53 Å². The number of benzene rings is 1. The number of carbonyl (C=O) groups excluding carboxylic acids is 1. The maximum Gasteiger partial charge on any atom is 0.429 e. The van der Waals surface area contributed by atoms with Gasteiger partial charge >= 0.3 is 12.1 Å². The molecule has 0 radical (unpaired) electrons. The molecule has 1 rings (SSSR count). The van der Waals surface area contributed by atoms with Crippen LogP contribution in [-0.4, -0.2) is 18.2 Å². The second kappa shape index (κ2) is 5.66. The van der Waals surface area contributed by atoms with Gasteiger partial charge in [0.25, 0.3) is 0 Å². The molecule has 0 bridgehead atoms. The van der Waals surface area contributed by atoms with E-state index in [0.717, 1.165) is 25.1 Å². The fraction of sp³-hybridized carbons (Fsp3) is 0.250. The molecule has 0 heterocycles. The van der Waals surface area contributed by atoms with E-state index in [1.54, 1.807) is 0 Å². The van der Waals surface area contributed by atoms with Gasteiger partial charge in [0, 0.05) is 6.92 Å². The normalized spacial score (nSPS) is 13.6. The smallest absolute Gasteiger partial charge is 0.429 e. The zero-order valence-electron chi connectivity index (χ0n) is 9.37. The molecule has 6 heteroatoms. The van der Waals surface area contributed by atoms with Crippen LogP contribution in [0.5, 0.6) is 0 Å². The lowest BCUT2D eigenvalue weighted by atomic mass is 10.2. The van der Waals surface area contributed by atoms with Crippen LogP contribution < -0.4 is 0 Å². The molecule has 1 aromatic carbocycles. The Balaban J connectivity index is 2.83. The molecular weight excluding hydrogens is 252 g/mol. The van der Waals surface area contributed by atoms with Crippen molar-refractivity contribution < 1.29 is 27.1 Å². The number of ether oxygens (including phenoxy) is 1. The summed E-state index contributed by atoms with van der Waals surface area (Å²) in [5.41, 5.74) is 0.373. The highest BCUT2D eigenvalue weighted by Gasteiger charge is 2.40. The third-order valence-electron chi connectivity index (χ3n) is 1.95. The fourth-order valence-electron chi connectivity index (χ4n) is 1.17. The first-order chi connectivity index (χ1) is 8.29. The Labute approximate surface area is 101 Å². The molecule has 0 aliphatic heterocycles. The number of hydrogen-bond donors (Lipinski definition) is 0. The van der Waals surface area contributed by atoms with Crippen molar-refractivity contribution in [3.8, 4) is 0 Å². The summed E-state index contributed by atoms with van der Waals surface area (Å²) in [5.74, 6) is -1.51. The van der Waals surface area contributed by atoms with Crippen LogP contribution in [0.15, 0.2) is 30.3 Å². The van der Waals surface area contributed by atoms with Crippen molar-refractivity contribution in [2.45, 2.75) is 19.2 Å². The van der Waals surface area contributed by atoms with Gasteiger partial charge in [-0.3, -0.25) is 4.79 Å². The second-order valence-corrected chi connectivity index (χ2v) is 3.48. The van der Waals surface area contributed by atoms with Crippen molar-refractivity contribution in [1.82, 2.24) is 0 Å². The SMILES string of the molecule is CC(=O)O[C@@H](/C=C/c1ccc(F)cc1)C(F)(F)F. The summed E-state index contributed by atoms with van der Waals surface area (Å²) in [6.07, 6.45) is -5.17. The topological polar surface area (TPSA) is 26.3 Å². The Kier molecular flexibility index (Phi) is 4.47. The molecule has 0 fully saturated rings. The van der Waals surface area contributed by atoms with Crippen molar-refractivity contribution in [2.24, 2.45) is 0 Å². The molecule has 0 saturated carbocycles. The Bertz CT molecular complexity index is 434. The van der Waals surface area contributed by atoms with Gasteiger partial charge < -0.3 is 4.74 Å². The van der Waals surface area contributed by atoms with Crippen molar-refractivity contribution in [2.75, 3.05) is 0 Å². The predicted molar refractivity (Wildman–Crippen MR) is 57.0 cm³/mol.